The van der Waals surface area contributed by atoms with Gasteiger partial charge in [-0.25, -0.2) is 8.42 Å². The van der Waals surface area contributed by atoms with Gasteiger partial charge in [0.25, 0.3) is 5.91 Å². The number of nitrogens with one attached hydrogen (secondary N) is 1. The number of hydrogen-bond acceptors (Lipinski definition) is 5. The number of hydrogen-bond donors (Lipinski definition) is 1. The van der Waals surface area contributed by atoms with Gasteiger partial charge in [0, 0.05) is 31.2 Å². The van der Waals surface area contributed by atoms with E-state index in [1.807, 2.05) is 11.6 Å². The zero-order valence-electron chi connectivity index (χ0n) is 13.0. The predicted octanol–water partition coefficient (Wildman–Crippen LogP) is 0.708. The number of sulfone groups is 1. The summed E-state index contributed by atoms with van der Waals surface area (Å²) in [5.41, 5.74) is 1.31. The molecule has 0 unspecified atom stereocenters. The second-order valence-corrected chi connectivity index (χ2v) is 7.90. The molecule has 2 heterocycles. The van der Waals surface area contributed by atoms with Crippen molar-refractivity contribution >= 4 is 15.7 Å². The molecular weight excluding hydrogens is 306 g/mol. The summed E-state index contributed by atoms with van der Waals surface area (Å²) in [5.74, 6) is -0.228. The largest absolute Gasteiger partial charge is 0.381 e. The maximum absolute atomic E-state index is 12.2. The van der Waals surface area contributed by atoms with E-state index >= 15 is 0 Å². The third-order valence-electron chi connectivity index (χ3n) is 3.96. The molecule has 124 valence electrons. The predicted molar refractivity (Wildman–Crippen MR) is 82.7 cm³/mol. The summed E-state index contributed by atoms with van der Waals surface area (Å²) in [6, 6.07) is 0.260. The van der Waals surface area contributed by atoms with Crippen molar-refractivity contribution in [2.24, 2.45) is 0 Å². The molecule has 1 N–H and O–H groups in total. The lowest BCUT2D eigenvalue weighted by atomic mass is 10.1. The summed E-state index contributed by atoms with van der Waals surface area (Å²) < 4.78 is 30.0. The normalized spacial score (nSPS) is 16.6. The molecule has 0 aliphatic carbocycles. The molecule has 0 bridgehead atoms. The smallest absolute Gasteiger partial charge is 0.254 e. The van der Waals surface area contributed by atoms with Crippen LogP contribution in [0.2, 0.25) is 0 Å². The number of amides is 1. The van der Waals surface area contributed by atoms with Crippen molar-refractivity contribution in [2.45, 2.75) is 32.7 Å². The Hall–Kier alpha value is -1.41. The van der Waals surface area contributed by atoms with Crippen molar-refractivity contribution in [3.63, 3.8) is 0 Å². The molecule has 1 amide bonds. The topological polar surface area (TPSA) is 90.3 Å². The van der Waals surface area contributed by atoms with Crippen LogP contribution in [0, 0.1) is 6.92 Å². The van der Waals surface area contributed by atoms with E-state index in [1.54, 1.807) is 13.1 Å². The molecule has 1 fully saturated rings. The molecule has 0 aromatic carbocycles. The van der Waals surface area contributed by atoms with Gasteiger partial charge in [0.05, 0.1) is 23.6 Å². The van der Waals surface area contributed by atoms with Crippen molar-refractivity contribution in [2.75, 3.05) is 31.3 Å². The van der Waals surface area contributed by atoms with E-state index in [0.717, 1.165) is 18.5 Å². The molecule has 0 radical (unpaired) electrons. The summed E-state index contributed by atoms with van der Waals surface area (Å²) in [6.45, 7) is 5.00. The second kappa shape index (κ2) is 7.23. The number of nitrogens with zero attached hydrogens (tertiary/aromatic N) is 2. The number of ether oxygens (including phenoxy) is 1. The van der Waals surface area contributed by atoms with E-state index in [-0.39, 0.29) is 30.0 Å². The van der Waals surface area contributed by atoms with Gasteiger partial charge in [-0.05, 0) is 19.8 Å². The molecule has 8 heteroatoms. The number of carbonyl (C=O) groups excluding carboxylic acids is 1. The SMILES string of the molecule is CCS(=O)(=O)CCNC(=O)c1cnn(C2CCOCC2)c1C. The van der Waals surface area contributed by atoms with E-state index in [2.05, 4.69) is 10.4 Å². The highest BCUT2D eigenvalue weighted by Gasteiger charge is 2.21. The first kappa shape index (κ1) is 17.0. The molecule has 0 saturated carbocycles. The number of aromatic nitrogens is 2. The highest BCUT2D eigenvalue weighted by molar-refractivity contribution is 7.91. The van der Waals surface area contributed by atoms with Crippen molar-refractivity contribution < 1.29 is 17.9 Å². The van der Waals surface area contributed by atoms with Crippen molar-refractivity contribution in [3.05, 3.63) is 17.5 Å². The molecule has 1 aliphatic heterocycles. The van der Waals surface area contributed by atoms with Gasteiger partial charge in [-0.15, -0.1) is 0 Å². The molecule has 1 aromatic rings. The van der Waals surface area contributed by atoms with Gasteiger partial charge < -0.3 is 10.1 Å². The molecule has 0 atom stereocenters. The van der Waals surface area contributed by atoms with Crippen LogP contribution < -0.4 is 5.32 Å². The molecule has 1 aromatic heterocycles. The first-order valence-corrected chi connectivity index (χ1v) is 9.37. The molecule has 22 heavy (non-hydrogen) atoms. The van der Waals surface area contributed by atoms with Gasteiger partial charge in [0.15, 0.2) is 9.84 Å². The highest BCUT2D eigenvalue weighted by Crippen LogP contribution is 2.23. The van der Waals surface area contributed by atoms with Gasteiger partial charge in [0.1, 0.15) is 0 Å². The van der Waals surface area contributed by atoms with Gasteiger partial charge >= 0.3 is 0 Å². The maximum Gasteiger partial charge on any atom is 0.254 e. The van der Waals surface area contributed by atoms with Crippen LogP contribution in [-0.2, 0) is 14.6 Å². The molecular formula is C14H23N3O4S. The van der Waals surface area contributed by atoms with E-state index in [1.165, 1.54) is 0 Å². The summed E-state index contributed by atoms with van der Waals surface area (Å²) >= 11 is 0. The van der Waals surface area contributed by atoms with Crippen LogP contribution >= 0.6 is 0 Å². The zero-order chi connectivity index (χ0) is 16.2. The lowest BCUT2D eigenvalue weighted by Crippen LogP contribution is -2.30. The van der Waals surface area contributed by atoms with E-state index in [9.17, 15) is 13.2 Å². The summed E-state index contributed by atoms with van der Waals surface area (Å²) in [6.07, 6.45) is 3.32. The fourth-order valence-electron chi connectivity index (χ4n) is 2.50. The Kier molecular flexibility index (Phi) is 5.57. The van der Waals surface area contributed by atoms with Crippen LogP contribution in [0.5, 0.6) is 0 Å². The van der Waals surface area contributed by atoms with Gasteiger partial charge in [0.2, 0.25) is 0 Å². The van der Waals surface area contributed by atoms with Crippen molar-refractivity contribution in [3.8, 4) is 0 Å². The average molecular weight is 329 g/mol. The van der Waals surface area contributed by atoms with Crippen LogP contribution in [0.25, 0.3) is 0 Å². The van der Waals surface area contributed by atoms with Crippen LogP contribution in [0.1, 0.15) is 41.9 Å². The second-order valence-electron chi connectivity index (χ2n) is 5.42. The van der Waals surface area contributed by atoms with Crippen molar-refractivity contribution in [1.82, 2.24) is 15.1 Å². The Bertz CT molecular complexity index is 618. The summed E-state index contributed by atoms with van der Waals surface area (Å²) in [7, 11) is -3.07. The van der Waals surface area contributed by atoms with Gasteiger partial charge in [-0.3, -0.25) is 9.48 Å². The van der Waals surface area contributed by atoms with Crippen LogP contribution in [0.15, 0.2) is 6.20 Å². The Morgan fingerprint density at radius 2 is 2.14 bits per heavy atom. The minimum Gasteiger partial charge on any atom is -0.381 e. The fraction of sp³-hybridized carbons (Fsp3) is 0.714. The average Bonchev–Trinajstić information content (AvgIpc) is 2.89. The Morgan fingerprint density at radius 1 is 1.45 bits per heavy atom. The summed E-state index contributed by atoms with van der Waals surface area (Å²) in [4.78, 5) is 12.2. The highest BCUT2D eigenvalue weighted by atomic mass is 32.2. The van der Waals surface area contributed by atoms with E-state index in [4.69, 9.17) is 4.74 Å². The van der Waals surface area contributed by atoms with Gasteiger partial charge in [-0.2, -0.15) is 5.10 Å². The van der Waals surface area contributed by atoms with E-state index in [0.29, 0.717) is 18.8 Å². The minimum absolute atomic E-state index is 0.0393. The van der Waals surface area contributed by atoms with Gasteiger partial charge in [-0.1, -0.05) is 6.92 Å². The number of rotatable bonds is 6. The molecule has 1 saturated heterocycles. The number of carbonyl (C=O) groups is 1. The Morgan fingerprint density at radius 3 is 2.77 bits per heavy atom. The molecule has 0 spiro atoms. The lowest BCUT2D eigenvalue weighted by molar-refractivity contribution is 0.0656. The first-order valence-electron chi connectivity index (χ1n) is 7.55. The van der Waals surface area contributed by atoms with Crippen LogP contribution in [0.3, 0.4) is 0 Å². The third-order valence-corrected chi connectivity index (χ3v) is 5.67. The minimum atomic E-state index is -3.07. The quantitative estimate of drug-likeness (QED) is 0.830. The monoisotopic (exact) mass is 329 g/mol. The van der Waals surface area contributed by atoms with Crippen LogP contribution in [-0.4, -0.2) is 55.4 Å². The van der Waals surface area contributed by atoms with Crippen molar-refractivity contribution in [1.29, 1.82) is 0 Å². The third kappa shape index (κ3) is 4.07. The standard InChI is InChI=1S/C14H23N3O4S/c1-3-22(19,20)9-6-15-14(18)13-10-16-17(11(13)2)12-4-7-21-8-5-12/h10,12H,3-9H2,1-2H3,(H,15,18). The molecule has 1 aliphatic rings. The first-order chi connectivity index (χ1) is 10.4. The fourth-order valence-corrected chi connectivity index (χ4v) is 3.21. The lowest BCUT2D eigenvalue weighted by Gasteiger charge is -2.23. The van der Waals surface area contributed by atoms with E-state index < -0.39 is 9.84 Å². The Labute approximate surface area is 130 Å². The molecule has 2 rings (SSSR count). The summed E-state index contributed by atoms with van der Waals surface area (Å²) in [5, 5.41) is 6.97. The maximum atomic E-state index is 12.2. The zero-order valence-corrected chi connectivity index (χ0v) is 13.9. The van der Waals surface area contributed by atoms with Crippen LogP contribution in [0.4, 0.5) is 0 Å². The Balaban J connectivity index is 1.97. The molecule has 7 nitrogen and oxygen atoms in total.